The molecule has 6 nitrogen and oxygen atoms in total. The highest BCUT2D eigenvalue weighted by atomic mass is 32.2. The Labute approximate surface area is 189 Å². The average molecular weight is 453 g/mol. The molecule has 0 N–H and O–H groups in total. The molecular weight excluding hydrogens is 424 g/mol. The normalized spacial score (nSPS) is 15.1. The zero-order valence-electron chi connectivity index (χ0n) is 18.2. The Hall–Kier alpha value is -2.90. The highest BCUT2D eigenvalue weighted by Crippen LogP contribution is 2.22. The molecule has 1 aliphatic rings. The van der Waals surface area contributed by atoms with Gasteiger partial charge in [0.05, 0.1) is 11.5 Å². The molecule has 1 heterocycles. The summed E-state index contributed by atoms with van der Waals surface area (Å²) in [6, 6.07) is 20.9. The molecule has 1 amide bonds. The van der Waals surface area contributed by atoms with Crippen LogP contribution in [0, 0.1) is 0 Å². The Balaban J connectivity index is 1.31. The molecule has 4 rings (SSSR count). The fraction of sp³-hybridized carbons (Fsp3) is 0.320. The van der Waals surface area contributed by atoms with E-state index in [-0.39, 0.29) is 10.8 Å². The summed E-state index contributed by atoms with van der Waals surface area (Å²) in [6.07, 6.45) is 1.10. The SMILES string of the molecule is CCOc1ccc(S(=O)(=O)N2CCN(C(=O)CCc3ccc4ccccc4c3)CC2)cc1. The predicted octanol–water partition coefficient (Wildman–Crippen LogP) is 3.70. The van der Waals surface area contributed by atoms with E-state index in [4.69, 9.17) is 4.74 Å². The highest BCUT2D eigenvalue weighted by molar-refractivity contribution is 7.89. The highest BCUT2D eigenvalue weighted by Gasteiger charge is 2.30. The second-order valence-corrected chi connectivity index (χ2v) is 9.81. The third-order valence-corrected chi connectivity index (χ3v) is 7.72. The van der Waals surface area contributed by atoms with Crippen molar-refractivity contribution in [1.82, 2.24) is 9.21 Å². The van der Waals surface area contributed by atoms with E-state index in [1.807, 2.05) is 19.1 Å². The van der Waals surface area contributed by atoms with Crippen LogP contribution < -0.4 is 4.74 Å². The van der Waals surface area contributed by atoms with Gasteiger partial charge in [-0.25, -0.2) is 8.42 Å². The predicted molar refractivity (Wildman–Crippen MR) is 125 cm³/mol. The standard InChI is InChI=1S/C25H28N2O4S/c1-2-31-23-10-12-24(13-11-23)32(29,30)27-17-15-26(16-18-27)25(28)14-8-20-7-9-21-5-3-4-6-22(21)19-20/h3-7,9-13,19H,2,8,14-18H2,1H3. The molecule has 32 heavy (non-hydrogen) atoms. The van der Waals surface area contributed by atoms with Crippen molar-refractivity contribution < 1.29 is 17.9 Å². The van der Waals surface area contributed by atoms with E-state index in [1.165, 1.54) is 15.1 Å². The first-order valence-corrected chi connectivity index (χ1v) is 12.4. The summed E-state index contributed by atoms with van der Waals surface area (Å²) in [5.74, 6) is 0.713. The summed E-state index contributed by atoms with van der Waals surface area (Å²) in [6.45, 7) is 3.84. The van der Waals surface area contributed by atoms with E-state index in [0.717, 1.165) is 5.56 Å². The summed E-state index contributed by atoms with van der Waals surface area (Å²) in [5, 5.41) is 2.36. The molecule has 0 radical (unpaired) electrons. The minimum Gasteiger partial charge on any atom is -0.494 e. The Bertz CT molecular complexity index is 1180. The number of piperazine rings is 1. The lowest BCUT2D eigenvalue weighted by Crippen LogP contribution is -2.50. The van der Waals surface area contributed by atoms with Crippen molar-refractivity contribution in [2.45, 2.75) is 24.7 Å². The summed E-state index contributed by atoms with van der Waals surface area (Å²) < 4.78 is 32.7. The zero-order valence-corrected chi connectivity index (χ0v) is 19.1. The third-order valence-electron chi connectivity index (χ3n) is 5.81. The second kappa shape index (κ2) is 9.71. The molecule has 1 saturated heterocycles. The van der Waals surface area contributed by atoms with Gasteiger partial charge in [0, 0.05) is 32.6 Å². The molecule has 3 aromatic carbocycles. The van der Waals surface area contributed by atoms with E-state index in [2.05, 4.69) is 30.3 Å². The number of carbonyl (C=O) groups is 1. The van der Waals surface area contributed by atoms with Gasteiger partial charge < -0.3 is 9.64 Å². The second-order valence-electron chi connectivity index (χ2n) is 7.87. The number of amides is 1. The molecule has 0 spiro atoms. The number of hydrogen-bond donors (Lipinski definition) is 0. The number of sulfonamides is 1. The van der Waals surface area contributed by atoms with Gasteiger partial charge in [0.25, 0.3) is 0 Å². The van der Waals surface area contributed by atoms with Crippen molar-refractivity contribution >= 4 is 26.7 Å². The maximum absolute atomic E-state index is 12.9. The zero-order chi connectivity index (χ0) is 22.6. The molecule has 0 saturated carbocycles. The molecule has 7 heteroatoms. The Morgan fingerprint density at radius 2 is 1.59 bits per heavy atom. The quantitative estimate of drug-likeness (QED) is 0.548. The molecule has 0 atom stereocenters. The third kappa shape index (κ3) is 4.95. The smallest absolute Gasteiger partial charge is 0.243 e. The van der Waals surface area contributed by atoms with Crippen molar-refractivity contribution in [1.29, 1.82) is 0 Å². The Kier molecular flexibility index (Phi) is 6.77. The van der Waals surface area contributed by atoms with Gasteiger partial charge in [0.2, 0.25) is 15.9 Å². The van der Waals surface area contributed by atoms with Gasteiger partial charge in [-0.1, -0.05) is 42.5 Å². The topological polar surface area (TPSA) is 66.9 Å². The van der Waals surface area contributed by atoms with Crippen LogP contribution in [0.1, 0.15) is 18.9 Å². The van der Waals surface area contributed by atoms with Gasteiger partial charge in [0.15, 0.2) is 0 Å². The number of carbonyl (C=O) groups excluding carboxylic acids is 1. The maximum atomic E-state index is 12.9. The van der Waals surface area contributed by atoms with Crippen molar-refractivity contribution in [3.63, 3.8) is 0 Å². The molecule has 0 unspecified atom stereocenters. The van der Waals surface area contributed by atoms with E-state index < -0.39 is 10.0 Å². The minimum absolute atomic E-state index is 0.0660. The molecule has 0 aliphatic carbocycles. The lowest BCUT2D eigenvalue weighted by Gasteiger charge is -2.34. The lowest BCUT2D eigenvalue weighted by atomic mass is 10.0. The molecule has 1 fully saturated rings. The number of aryl methyl sites for hydroxylation is 1. The number of fused-ring (bicyclic) bond motifs is 1. The lowest BCUT2D eigenvalue weighted by molar-refractivity contribution is -0.132. The van der Waals surface area contributed by atoms with Gasteiger partial charge in [-0.2, -0.15) is 4.31 Å². The van der Waals surface area contributed by atoms with Crippen LogP contribution in [-0.2, 0) is 21.2 Å². The monoisotopic (exact) mass is 452 g/mol. The number of hydrogen-bond acceptors (Lipinski definition) is 4. The van der Waals surface area contributed by atoms with Gasteiger partial charge in [-0.15, -0.1) is 0 Å². The van der Waals surface area contributed by atoms with Crippen LogP contribution in [0.25, 0.3) is 10.8 Å². The first kappa shape index (κ1) is 22.3. The molecule has 0 aromatic heterocycles. The van der Waals surface area contributed by atoms with Crippen molar-refractivity contribution in [3.8, 4) is 5.75 Å². The number of nitrogens with zero attached hydrogens (tertiary/aromatic N) is 2. The summed E-state index contributed by atoms with van der Waals surface area (Å²) in [7, 11) is -3.58. The largest absolute Gasteiger partial charge is 0.494 e. The van der Waals surface area contributed by atoms with E-state index in [9.17, 15) is 13.2 Å². The molecule has 0 bridgehead atoms. The number of ether oxygens (including phenoxy) is 1. The fourth-order valence-electron chi connectivity index (χ4n) is 4.01. The Morgan fingerprint density at radius 3 is 2.28 bits per heavy atom. The van der Waals surface area contributed by atoms with Crippen molar-refractivity contribution in [2.24, 2.45) is 0 Å². The first-order chi connectivity index (χ1) is 15.5. The van der Waals surface area contributed by atoms with Crippen LogP contribution >= 0.6 is 0 Å². The van der Waals surface area contributed by atoms with E-state index in [1.54, 1.807) is 29.2 Å². The Morgan fingerprint density at radius 1 is 0.906 bits per heavy atom. The number of benzene rings is 3. The van der Waals surface area contributed by atoms with Crippen LogP contribution in [0.5, 0.6) is 5.75 Å². The van der Waals surface area contributed by atoms with Gasteiger partial charge in [0.1, 0.15) is 5.75 Å². The van der Waals surface area contributed by atoms with Crippen LogP contribution in [0.3, 0.4) is 0 Å². The van der Waals surface area contributed by atoms with Crippen LogP contribution in [0.4, 0.5) is 0 Å². The van der Waals surface area contributed by atoms with Crippen molar-refractivity contribution in [3.05, 3.63) is 72.3 Å². The maximum Gasteiger partial charge on any atom is 0.243 e. The van der Waals surface area contributed by atoms with E-state index in [0.29, 0.717) is 51.4 Å². The van der Waals surface area contributed by atoms with Gasteiger partial charge >= 0.3 is 0 Å². The van der Waals surface area contributed by atoms with Gasteiger partial charge in [-0.05, 0) is 53.9 Å². The van der Waals surface area contributed by atoms with Gasteiger partial charge in [-0.3, -0.25) is 4.79 Å². The van der Waals surface area contributed by atoms with Crippen LogP contribution in [-0.4, -0.2) is 56.3 Å². The summed E-state index contributed by atoms with van der Waals surface area (Å²) >= 11 is 0. The molecule has 168 valence electrons. The minimum atomic E-state index is -3.58. The fourth-order valence-corrected chi connectivity index (χ4v) is 5.43. The molecular formula is C25H28N2O4S. The molecule has 3 aromatic rings. The first-order valence-electron chi connectivity index (χ1n) is 11.0. The van der Waals surface area contributed by atoms with Crippen molar-refractivity contribution in [2.75, 3.05) is 32.8 Å². The van der Waals surface area contributed by atoms with Crippen LogP contribution in [0.15, 0.2) is 71.6 Å². The summed E-state index contributed by atoms with van der Waals surface area (Å²) in [5.41, 5.74) is 1.13. The average Bonchev–Trinajstić information content (AvgIpc) is 2.83. The molecule has 1 aliphatic heterocycles. The number of rotatable bonds is 7. The van der Waals surface area contributed by atoms with Crippen LogP contribution in [0.2, 0.25) is 0 Å². The van der Waals surface area contributed by atoms with E-state index >= 15 is 0 Å². The summed E-state index contributed by atoms with van der Waals surface area (Å²) in [4.78, 5) is 14.7.